The molecule has 7 heteroatoms. The van der Waals surface area contributed by atoms with Gasteiger partial charge in [0, 0.05) is 19.8 Å². The van der Waals surface area contributed by atoms with Crippen molar-refractivity contribution in [3.05, 3.63) is 71.8 Å². The Morgan fingerprint density at radius 3 is 2.24 bits per heavy atom. The summed E-state index contributed by atoms with van der Waals surface area (Å²) in [7, 11) is 3.05. The van der Waals surface area contributed by atoms with Gasteiger partial charge in [-0.05, 0) is 12.1 Å². The van der Waals surface area contributed by atoms with Gasteiger partial charge in [0.1, 0.15) is 18.3 Å². The molecule has 0 spiro atoms. The quantitative estimate of drug-likeness (QED) is 0.715. The van der Waals surface area contributed by atoms with Crippen LogP contribution in [0.1, 0.15) is 22.2 Å². The van der Waals surface area contributed by atoms with E-state index in [4.69, 9.17) is 28.4 Å². The third-order valence-corrected chi connectivity index (χ3v) is 5.11. The summed E-state index contributed by atoms with van der Waals surface area (Å²) < 4.78 is 34.9. The minimum Gasteiger partial charge on any atom is -0.450 e. The Kier molecular flexibility index (Phi) is 6.22. The first kappa shape index (κ1) is 20.0. The summed E-state index contributed by atoms with van der Waals surface area (Å²) in [6, 6.07) is 18.4. The van der Waals surface area contributed by atoms with E-state index >= 15 is 0 Å². The lowest BCUT2D eigenvalue weighted by Crippen LogP contribution is -2.63. The molecule has 0 amide bonds. The minimum absolute atomic E-state index is 0.309. The van der Waals surface area contributed by atoms with Crippen molar-refractivity contribution in [1.29, 1.82) is 0 Å². The molecule has 0 aromatic heterocycles. The molecule has 7 nitrogen and oxygen atoms in total. The molecule has 2 aliphatic rings. The van der Waals surface area contributed by atoms with Gasteiger partial charge in [0.2, 0.25) is 0 Å². The lowest BCUT2D eigenvalue weighted by atomic mass is 9.97. The largest absolute Gasteiger partial charge is 0.450 e. The van der Waals surface area contributed by atoms with E-state index in [2.05, 4.69) is 0 Å². The molecule has 6 unspecified atom stereocenters. The SMILES string of the molecule is COC1OC2COC(c3ccccc3)OC2C(OC)C1OC(=O)c1ccccc1. The van der Waals surface area contributed by atoms with Crippen molar-refractivity contribution in [2.24, 2.45) is 0 Å². The first-order chi connectivity index (χ1) is 14.2. The van der Waals surface area contributed by atoms with E-state index in [-0.39, 0.29) is 0 Å². The number of carbonyl (C=O) groups excluding carboxylic acids is 1. The summed E-state index contributed by atoms with van der Waals surface area (Å²) in [4.78, 5) is 12.6. The van der Waals surface area contributed by atoms with E-state index in [1.165, 1.54) is 7.11 Å². The van der Waals surface area contributed by atoms with E-state index < -0.39 is 43.0 Å². The van der Waals surface area contributed by atoms with Crippen LogP contribution < -0.4 is 0 Å². The van der Waals surface area contributed by atoms with Crippen molar-refractivity contribution in [2.75, 3.05) is 20.8 Å². The number of ether oxygens (including phenoxy) is 6. The predicted octanol–water partition coefficient (Wildman–Crippen LogP) is 2.71. The number of fused-ring (bicyclic) bond motifs is 1. The minimum atomic E-state index is -0.798. The molecule has 2 saturated heterocycles. The molecule has 2 aromatic carbocycles. The van der Waals surface area contributed by atoms with Crippen molar-refractivity contribution in [1.82, 2.24) is 0 Å². The van der Waals surface area contributed by atoms with Gasteiger partial charge in [-0.15, -0.1) is 0 Å². The Morgan fingerprint density at radius 1 is 0.897 bits per heavy atom. The van der Waals surface area contributed by atoms with Crippen LogP contribution in [0, 0.1) is 0 Å². The smallest absolute Gasteiger partial charge is 0.338 e. The topological polar surface area (TPSA) is 72.5 Å². The molecule has 0 radical (unpaired) electrons. The first-order valence-electron chi connectivity index (χ1n) is 9.50. The monoisotopic (exact) mass is 400 g/mol. The van der Waals surface area contributed by atoms with Crippen molar-refractivity contribution >= 4 is 5.97 Å². The molecular weight excluding hydrogens is 376 g/mol. The molecule has 154 valence electrons. The fourth-order valence-corrected chi connectivity index (χ4v) is 3.68. The van der Waals surface area contributed by atoms with Gasteiger partial charge in [-0.1, -0.05) is 48.5 Å². The molecular formula is C22H24O7. The van der Waals surface area contributed by atoms with Crippen LogP contribution in [0.4, 0.5) is 0 Å². The van der Waals surface area contributed by atoms with Crippen molar-refractivity contribution in [3.8, 4) is 0 Å². The number of benzene rings is 2. The van der Waals surface area contributed by atoms with Crippen LogP contribution in [0.15, 0.2) is 60.7 Å². The zero-order valence-electron chi connectivity index (χ0n) is 16.3. The molecule has 2 aromatic rings. The van der Waals surface area contributed by atoms with Crippen molar-refractivity contribution in [2.45, 2.75) is 37.0 Å². The van der Waals surface area contributed by atoms with Gasteiger partial charge in [-0.25, -0.2) is 4.79 Å². The molecule has 2 heterocycles. The maximum Gasteiger partial charge on any atom is 0.338 e. The molecule has 0 bridgehead atoms. The molecule has 0 aliphatic carbocycles. The van der Waals surface area contributed by atoms with Gasteiger partial charge >= 0.3 is 5.97 Å². The Balaban J connectivity index is 1.54. The standard InChI is InChI=1S/C22H24O7/c1-24-18-17-16(13-26-21(29-17)15-11-7-4-8-12-15)27-22(25-2)19(18)28-20(23)14-9-5-3-6-10-14/h3-12,16-19,21-22H,13H2,1-2H3. The number of carbonyl (C=O) groups is 1. The normalized spacial score (nSPS) is 31.7. The lowest BCUT2D eigenvalue weighted by molar-refractivity contribution is -0.359. The summed E-state index contributed by atoms with van der Waals surface area (Å²) in [5.41, 5.74) is 1.34. The summed E-state index contributed by atoms with van der Waals surface area (Å²) in [6.07, 6.45) is -3.62. The Labute approximate surface area is 169 Å². The predicted molar refractivity (Wildman–Crippen MR) is 102 cm³/mol. The molecule has 29 heavy (non-hydrogen) atoms. The van der Waals surface area contributed by atoms with Crippen LogP contribution in [-0.4, -0.2) is 57.5 Å². The van der Waals surface area contributed by atoms with Gasteiger partial charge in [0.05, 0.1) is 12.2 Å². The second kappa shape index (κ2) is 9.02. The summed E-state index contributed by atoms with van der Waals surface area (Å²) in [5, 5.41) is 0. The summed E-state index contributed by atoms with van der Waals surface area (Å²) in [5.74, 6) is -0.478. The highest BCUT2D eigenvalue weighted by molar-refractivity contribution is 5.89. The second-order valence-electron chi connectivity index (χ2n) is 6.89. The number of hydrogen-bond acceptors (Lipinski definition) is 7. The maximum atomic E-state index is 12.6. The Hall–Kier alpha value is -2.29. The first-order valence-corrected chi connectivity index (χ1v) is 9.50. The Morgan fingerprint density at radius 2 is 1.59 bits per heavy atom. The molecule has 6 atom stereocenters. The van der Waals surface area contributed by atoms with Crippen LogP contribution in [-0.2, 0) is 28.4 Å². The third kappa shape index (κ3) is 4.19. The van der Waals surface area contributed by atoms with Gasteiger partial charge in [0.25, 0.3) is 0 Å². The maximum absolute atomic E-state index is 12.6. The van der Waals surface area contributed by atoms with Crippen LogP contribution in [0.5, 0.6) is 0 Å². The van der Waals surface area contributed by atoms with Gasteiger partial charge < -0.3 is 28.4 Å². The molecule has 2 fully saturated rings. The van der Waals surface area contributed by atoms with E-state index in [0.717, 1.165) is 5.56 Å². The highest BCUT2D eigenvalue weighted by Gasteiger charge is 2.52. The van der Waals surface area contributed by atoms with Gasteiger partial charge in [-0.3, -0.25) is 0 Å². The molecule has 0 N–H and O–H groups in total. The molecule has 2 aliphatic heterocycles. The number of esters is 1. The molecule has 0 saturated carbocycles. The number of rotatable bonds is 5. The van der Waals surface area contributed by atoms with E-state index in [1.54, 1.807) is 31.4 Å². The van der Waals surface area contributed by atoms with Crippen LogP contribution >= 0.6 is 0 Å². The summed E-state index contributed by atoms with van der Waals surface area (Å²) in [6.45, 7) is 0.309. The second-order valence-corrected chi connectivity index (χ2v) is 6.89. The summed E-state index contributed by atoms with van der Waals surface area (Å²) >= 11 is 0. The third-order valence-electron chi connectivity index (χ3n) is 5.11. The highest BCUT2D eigenvalue weighted by Crippen LogP contribution is 2.36. The van der Waals surface area contributed by atoms with Crippen LogP contribution in [0.3, 0.4) is 0 Å². The fourth-order valence-electron chi connectivity index (χ4n) is 3.68. The van der Waals surface area contributed by atoms with E-state index in [0.29, 0.717) is 12.2 Å². The van der Waals surface area contributed by atoms with E-state index in [1.807, 2.05) is 36.4 Å². The van der Waals surface area contributed by atoms with Crippen LogP contribution in [0.25, 0.3) is 0 Å². The van der Waals surface area contributed by atoms with E-state index in [9.17, 15) is 4.79 Å². The number of methoxy groups -OCH3 is 2. The number of hydrogen-bond donors (Lipinski definition) is 0. The average molecular weight is 400 g/mol. The lowest BCUT2D eigenvalue weighted by Gasteiger charge is -2.47. The van der Waals surface area contributed by atoms with Gasteiger partial charge in [-0.2, -0.15) is 0 Å². The highest BCUT2D eigenvalue weighted by atomic mass is 16.8. The average Bonchev–Trinajstić information content (AvgIpc) is 2.79. The zero-order valence-corrected chi connectivity index (χ0v) is 16.3. The van der Waals surface area contributed by atoms with Crippen molar-refractivity contribution < 1.29 is 33.2 Å². The molecule has 4 rings (SSSR count). The van der Waals surface area contributed by atoms with Crippen molar-refractivity contribution in [3.63, 3.8) is 0 Å². The zero-order chi connectivity index (χ0) is 20.2. The van der Waals surface area contributed by atoms with Gasteiger partial charge in [0.15, 0.2) is 18.7 Å². The Bertz CT molecular complexity index is 797. The van der Waals surface area contributed by atoms with Crippen LogP contribution in [0.2, 0.25) is 0 Å². The fraction of sp³-hybridized carbons (Fsp3) is 0.409.